The third-order valence-corrected chi connectivity index (χ3v) is 16.6. The SMILES string of the molecule is c1ccc(-c2nc(-c3ccccc3)nc(-c3ccc4c5ccc(-n6c7ccccc7c7cc(-c8cccc9c8sc8c9ccc9c%10ccccc%10n(-c%10ccccc%10)c98)ccc76)cc5c5ccccc5c4c3)n2)cc1. The fourth-order valence-corrected chi connectivity index (χ4v) is 13.3. The van der Waals surface area contributed by atoms with Gasteiger partial charge < -0.3 is 9.13 Å². The number of rotatable bonds is 6. The molecule has 16 rings (SSSR count). The van der Waals surface area contributed by atoms with Gasteiger partial charge in [0.25, 0.3) is 0 Å². The molecule has 0 saturated carbocycles. The lowest BCUT2D eigenvalue weighted by Crippen LogP contribution is -2.00. The summed E-state index contributed by atoms with van der Waals surface area (Å²) < 4.78 is 7.52. The molecule has 0 amide bonds. The minimum atomic E-state index is 0.642. The van der Waals surface area contributed by atoms with Crippen molar-refractivity contribution in [3.8, 4) is 56.7 Å². The quantitative estimate of drug-likeness (QED) is 0.156. The Balaban J connectivity index is 0.845. The Hall–Kier alpha value is -9.75. The van der Waals surface area contributed by atoms with Gasteiger partial charge in [0.05, 0.1) is 26.8 Å². The molecule has 0 fully saturated rings. The Bertz CT molecular complexity index is 4920. The Morgan fingerprint density at radius 2 is 0.720 bits per heavy atom. The standard InChI is InChI=1S/C69H41N5S/c1-4-17-42(18-5-1)67-70-68(43-19-6-2-7-20-43)72-69(71-67)45-31-34-51-52-35-33-47(41-59(52)50-24-11-10-23-49(50)58(51)40-45)73-61-29-14-13-26-54(61)60-39-44(32-38-63(60)73)48-27-16-28-56-57-37-36-55-53-25-12-15-30-62(53)74(46-21-8-3-9-22-46)64(55)66(57)75-65(48)56/h1-41H. The van der Waals surface area contributed by atoms with Crippen molar-refractivity contribution in [1.29, 1.82) is 0 Å². The van der Waals surface area contributed by atoms with Crippen LogP contribution in [0.3, 0.4) is 0 Å². The van der Waals surface area contributed by atoms with Crippen molar-refractivity contribution in [3.05, 3.63) is 249 Å². The van der Waals surface area contributed by atoms with Crippen molar-refractivity contribution in [2.45, 2.75) is 0 Å². The zero-order chi connectivity index (χ0) is 49.1. The molecule has 6 heteroatoms. The van der Waals surface area contributed by atoms with E-state index in [0.29, 0.717) is 17.5 Å². The van der Waals surface area contributed by atoms with E-state index in [9.17, 15) is 0 Å². The lowest BCUT2D eigenvalue weighted by atomic mass is 9.93. The summed E-state index contributed by atoms with van der Waals surface area (Å²) in [6, 6.07) is 89.8. The molecule has 4 heterocycles. The van der Waals surface area contributed by atoms with E-state index in [4.69, 9.17) is 15.0 Å². The monoisotopic (exact) mass is 971 g/mol. The first-order valence-electron chi connectivity index (χ1n) is 25.4. The van der Waals surface area contributed by atoms with Gasteiger partial charge in [0, 0.05) is 65.1 Å². The van der Waals surface area contributed by atoms with Crippen molar-refractivity contribution in [3.63, 3.8) is 0 Å². The Labute approximate surface area is 434 Å². The number of thiophene rings is 1. The first kappa shape index (κ1) is 41.8. The highest BCUT2D eigenvalue weighted by Gasteiger charge is 2.21. The summed E-state index contributed by atoms with van der Waals surface area (Å²) in [6.45, 7) is 0. The van der Waals surface area contributed by atoms with E-state index in [0.717, 1.165) is 27.8 Å². The van der Waals surface area contributed by atoms with Gasteiger partial charge >= 0.3 is 0 Å². The smallest absolute Gasteiger partial charge is 0.164 e. The molecular formula is C69H41N5S. The topological polar surface area (TPSA) is 48.5 Å². The van der Waals surface area contributed by atoms with Gasteiger partial charge in [-0.25, -0.2) is 15.0 Å². The predicted molar refractivity (Wildman–Crippen MR) is 316 cm³/mol. The van der Waals surface area contributed by atoms with E-state index in [2.05, 4.69) is 221 Å². The molecule has 12 aromatic carbocycles. The molecule has 5 nitrogen and oxygen atoms in total. The molecule has 0 unspecified atom stereocenters. The average molecular weight is 972 g/mol. The van der Waals surface area contributed by atoms with Crippen LogP contribution in [-0.2, 0) is 0 Å². The fraction of sp³-hybridized carbons (Fsp3) is 0. The Morgan fingerprint density at radius 3 is 1.41 bits per heavy atom. The number of fused-ring (bicyclic) bond motifs is 16. The van der Waals surface area contributed by atoms with Crippen molar-refractivity contribution < 1.29 is 0 Å². The summed E-state index contributed by atoms with van der Waals surface area (Å²) in [4.78, 5) is 15.1. The van der Waals surface area contributed by atoms with Crippen molar-refractivity contribution in [1.82, 2.24) is 24.1 Å². The highest BCUT2D eigenvalue weighted by Crippen LogP contribution is 2.47. The minimum absolute atomic E-state index is 0.642. The molecule has 0 aliphatic rings. The molecule has 75 heavy (non-hydrogen) atoms. The van der Waals surface area contributed by atoms with Gasteiger partial charge in [-0.05, 0) is 98.0 Å². The van der Waals surface area contributed by atoms with Gasteiger partial charge in [-0.3, -0.25) is 0 Å². The fourth-order valence-electron chi connectivity index (χ4n) is 12.0. The molecule has 348 valence electrons. The molecule has 4 aromatic heterocycles. The highest BCUT2D eigenvalue weighted by atomic mass is 32.1. The third kappa shape index (κ3) is 6.40. The van der Waals surface area contributed by atoms with E-state index in [1.165, 1.54) is 108 Å². The number of benzene rings is 12. The molecule has 16 aromatic rings. The largest absolute Gasteiger partial charge is 0.309 e. The maximum atomic E-state index is 5.09. The van der Waals surface area contributed by atoms with Crippen molar-refractivity contribution in [2.75, 3.05) is 0 Å². The predicted octanol–water partition coefficient (Wildman–Crippen LogP) is 18.6. The molecule has 0 radical (unpaired) electrons. The molecule has 0 saturated heterocycles. The maximum Gasteiger partial charge on any atom is 0.164 e. The van der Waals surface area contributed by atoms with Crippen molar-refractivity contribution >= 4 is 107 Å². The van der Waals surface area contributed by atoms with E-state index in [-0.39, 0.29) is 0 Å². The van der Waals surface area contributed by atoms with Crippen LogP contribution < -0.4 is 0 Å². The van der Waals surface area contributed by atoms with Crippen LogP contribution in [0.15, 0.2) is 249 Å². The number of hydrogen-bond acceptors (Lipinski definition) is 4. The molecular weight excluding hydrogens is 931 g/mol. The molecule has 0 bridgehead atoms. The van der Waals surface area contributed by atoms with E-state index < -0.39 is 0 Å². The zero-order valence-corrected chi connectivity index (χ0v) is 41.1. The van der Waals surface area contributed by atoms with Crippen LogP contribution in [0.4, 0.5) is 0 Å². The normalized spacial score (nSPS) is 12.0. The van der Waals surface area contributed by atoms with Gasteiger partial charge in [-0.15, -0.1) is 11.3 Å². The summed E-state index contributed by atoms with van der Waals surface area (Å²) in [5.74, 6) is 1.94. The van der Waals surface area contributed by atoms with Gasteiger partial charge in [-0.1, -0.05) is 194 Å². The van der Waals surface area contributed by atoms with E-state index in [1.54, 1.807) is 0 Å². The van der Waals surface area contributed by atoms with Crippen LogP contribution in [0.1, 0.15) is 0 Å². The van der Waals surface area contributed by atoms with Gasteiger partial charge in [0.2, 0.25) is 0 Å². The molecule has 0 atom stereocenters. The van der Waals surface area contributed by atoms with Gasteiger partial charge in [-0.2, -0.15) is 0 Å². The lowest BCUT2D eigenvalue weighted by molar-refractivity contribution is 1.07. The van der Waals surface area contributed by atoms with E-state index >= 15 is 0 Å². The van der Waals surface area contributed by atoms with Crippen molar-refractivity contribution in [2.24, 2.45) is 0 Å². The summed E-state index contributed by atoms with van der Waals surface area (Å²) >= 11 is 1.91. The first-order chi connectivity index (χ1) is 37.2. The molecule has 0 N–H and O–H groups in total. The number of hydrogen-bond donors (Lipinski definition) is 0. The number of nitrogens with zero attached hydrogens (tertiary/aromatic N) is 5. The van der Waals surface area contributed by atoms with Gasteiger partial charge in [0.15, 0.2) is 17.5 Å². The van der Waals surface area contributed by atoms with Crippen LogP contribution in [-0.4, -0.2) is 24.1 Å². The molecule has 0 aliphatic carbocycles. The highest BCUT2D eigenvalue weighted by molar-refractivity contribution is 7.27. The van der Waals surface area contributed by atoms with Crippen LogP contribution >= 0.6 is 11.3 Å². The Morgan fingerprint density at radius 1 is 0.253 bits per heavy atom. The minimum Gasteiger partial charge on any atom is -0.309 e. The second kappa shape index (κ2) is 16.4. The summed E-state index contributed by atoms with van der Waals surface area (Å²) in [5, 5.41) is 14.7. The average Bonchev–Trinajstić information content (AvgIpc) is 4.21. The molecule has 0 aliphatic heterocycles. The van der Waals surface area contributed by atoms with Crippen LogP contribution in [0.2, 0.25) is 0 Å². The Kier molecular flexibility index (Phi) is 9.14. The number of aromatic nitrogens is 5. The molecule has 0 spiro atoms. The third-order valence-electron chi connectivity index (χ3n) is 15.3. The second-order valence-electron chi connectivity index (χ2n) is 19.5. The summed E-state index contributed by atoms with van der Waals surface area (Å²) in [6.07, 6.45) is 0. The van der Waals surface area contributed by atoms with Gasteiger partial charge in [0.1, 0.15) is 0 Å². The van der Waals surface area contributed by atoms with E-state index in [1.807, 2.05) is 47.7 Å². The van der Waals surface area contributed by atoms with Crippen LogP contribution in [0.25, 0.3) is 153 Å². The summed E-state index contributed by atoms with van der Waals surface area (Å²) in [7, 11) is 0. The van der Waals surface area contributed by atoms with Crippen LogP contribution in [0.5, 0.6) is 0 Å². The lowest BCUT2D eigenvalue weighted by Gasteiger charge is -2.15. The maximum absolute atomic E-state index is 5.09. The van der Waals surface area contributed by atoms with Crippen LogP contribution in [0, 0.1) is 0 Å². The second-order valence-corrected chi connectivity index (χ2v) is 20.5. The zero-order valence-electron chi connectivity index (χ0n) is 40.3. The summed E-state index contributed by atoms with van der Waals surface area (Å²) in [5.41, 5.74) is 12.4. The number of para-hydroxylation sites is 3. The first-order valence-corrected chi connectivity index (χ1v) is 26.2.